The molecule has 20 heavy (non-hydrogen) atoms. The highest BCUT2D eigenvalue weighted by Crippen LogP contribution is 2.27. The van der Waals surface area contributed by atoms with Crippen LogP contribution in [0.1, 0.15) is 12.5 Å². The first-order chi connectivity index (χ1) is 9.72. The lowest BCUT2D eigenvalue weighted by atomic mass is 10.2. The molecule has 0 aliphatic carbocycles. The van der Waals surface area contributed by atoms with Gasteiger partial charge < -0.3 is 10.1 Å². The topological polar surface area (TPSA) is 21.3 Å². The summed E-state index contributed by atoms with van der Waals surface area (Å²) in [6.45, 7) is 3.44. The predicted molar refractivity (Wildman–Crippen MR) is 82.1 cm³/mol. The van der Waals surface area contributed by atoms with Crippen molar-refractivity contribution in [3.05, 3.63) is 53.8 Å². The smallest absolute Gasteiger partial charge is 0.132 e. The normalized spacial score (nSPS) is 10.6. The van der Waals surface area contributed by atoms with E-state index in [-0.39, 0.29) is 5.82 Å². The van der Waals surface area contributed by atoms with Crippen molar-refractivity contribution in [3.8, 4) is 11.5 Å². The fourth-order valence-electron chi connectivity index (χ4n) is 1.82. The van der Waals surface area contributed by atoms with Gasteiger partial charge >= 0.3 is 0 Å². The van der Waals surface area contributed by atoms with Crippen LogP contribution in [0.3, 0.4) is 0 Å². The molecule has 0 heterocycles. The van der Waals surface area contributed by atoms with Crippen molar-refractivity contribution < 1.29 is 9.13 Å². The fourth-order valence-corrected chi connectivity index (χ4v) is 2.22. The Morgan fingerprint density at radius 2 is 1.90 bits per heavy atom. The maximum absolute atomic E-state index is 13.3. The highest BCUT2D eigenvalue weighted by Gasteiger charge is 2.06. The van der Waals surface area contributed by atoms with Gasteiger partial charge in [-0.15, -0.1) is 11.8 Å². The zero-order valence-electron chi connectivity index (χ0n) is 11.7. The first kappa shape index (κ1) is 14.9. The second kappa shape index (κ2) is 7.31. The lowest BCUT2D eigenvalue weighted by Gasteiger charge is -2.12. The number of thioether (sulfide) groups is 1. The van der Waals surface area contributed by atoms with Gasteiger partial charge in [0, 0.05) is 17.0 Å². The van der Waals surface area contributed by atoms with Gasteiger partial charge in [-0.25, -0.2) is 4.39 Å². The minimum Gasteiger partial charge on any atom is -0.457 e. The third kappa shape index (κ3) is 3.99. The van der Waals surface area contributed by atoms with Gasteiger partial charge in [0.25, 0.3) is 0 Å². The summed E-state index contributed by atoms with van der Waals surface area (Å²) in [6, 6.07) is 12.5. The van der Waals surface area contributed by atoms with Gasteiger partial charge in [0.05, 0.1) is 0 Å². The van der Waals surface area contributed by atoms with E-state index >= 15 is 0 Å². The molecule has 0 fully saturated rings. The molecule has 0 aliphatic rings. The second-order valence-electron chi connectivity index (χ2n) is 4.31. The molecule has 1 N–H and O–H groups in total. The van der Waals surface area contributed by atoms with Crippen molar-refractivity contribution in [2.75, 3.05) is 12.8 Å². The number of ether oxygens (including phenoxy) is 1. The molecule has 0 spiro atoms. The molecule has 0 atom stereocenters. The maximum atomic E-state index is 13.3. The van der Waals surface area contributed by atoms with Gasteiger partial charge in [0.15, 0.2) is 0 Å². The van der Waals surface area contributed by atoms with Gasteiger partial charge in [-0.3, -0.25) is 0 Å². The number of rotatable bonds is 6. The van der Waals surface area contributed by atoms with Crippen LogP contribution in [0.2, 0.25) is 0 Å². The Hall–Kier alpha value is -1.52. The molecule has 2 nitrogen and oxygen atoms in total. The molecule has 0 aliphatic heterocycles. The average molecular weight is 291 g/mol. The van der Waals surface area contributed by atoms with Crippen molar-refractivity contribution in [2.24, 2.45) is 0 Å². The monoisotopic (exact) mass is 291 g/mol. The van der Waals surface area contributed by atoms with E-state index in [0.29, 0.717) is 12.3 Å². The fraction of sp³-hybridized carbons (Fsp3) is 0.250. The number of hydrogen-bond donors (Lipinski definition) is 1. The molecule has 2 rings (SSSR count). The lowest BCUT2D eigenvalue weighted by molar-refractivity contribution is 0.470. The number of benzene rings is 2. The van der Waals surface area contributed by atoms with Gasteiger partial charge in [-0.1, -0.05) is 6.92 Å². The number of hydrogen-bond acceptors (Lipinski definition) is 3. The van der Waals surface area contributed by atoms with Gasteiger partial charge in [-0.05, 0) is 55.3 Å². The van der Waals surface area contributed by atoms with E-state index in [1.807, 2.05) is 37.4 Å². The summed E-state index contributed by atoms with van der Waals surface area (Å²) in [4.78, 5) is 1.18. The summed E-state index contributed by atoms with van der Waals surface area (Å²) in [7, 11) is 0. The molecule has 0 unspecified atom stereocenters. The third-order valence-electron chi connectivity index (χ3n) is 2.88. The van der Waals surface area contributed by atoms with E-state index in [1.165, 1.54) is 17.0 Å². The van der Waals surface area contributed by atoms with Crippen LogP contribution in [-0.2, 0) is 6.54 Å². The molecule has 106 valence electrons. The largest absolute Gasteiger partial charge is 0.457 e. The Labute approximate surface area is 123 Å². The van der Waals surface area contributed by atoms with E-state index < -0.39 is 0 Å². The summed E-state index contributed by atoms with van der Waals surface area (Å²) < 4.78 is 19.2. The van der Waals surface area contributed by atoms with Crippen LogP contribution in [0.4, 0.5) is 4.39 Å². The minimum absolute atomic E-state index is 0.247. The lowest BCUT2D eigenvalue weighted by Crippen LogP contribution is -2.12. The molecular formula is C16H18FNOS. The van der Waals surface area contributed by atoms with E-state index in [1.54, 1.807) is 17.8 Å². The van der Waals surface area contributed by atoms with Crippen LogP contribution in [0, 0.1) is 5.82 Å². The first-order valence-electron chi connectivity index (χ1n) is 6.54. The molecule has 0 saturated carbocycles. The highest BCUT2D eigenvalue weighted by molar-refractivity contribution is 7.98. The predicted octanol–water partition coefficient (Wildman–Crippen LogP) is 4.45. The second-order valence-corrected chi connectivity index (χ2v) is 5.19. The maximum Gasteiger partial charge on any atom is 0.132 e. The Morgan fingerprint density at radius 1 is 1.15 bits per heavy atom. The summed E-state index contributed by atoms with van der Waals surface area (Å²) in [6.07, 6.45) is 2.03. The van der Waals surface area contributed by atoms with Crippen LogP contribution in [0.25, 0.3) is 0 Å². The van der Waals surface area contributed by atoms with E-state index in [4.69, 9.17) is 4.74 Å². The molecule has 0 saturated heterocycles. The van der Waals surface area contributed by atoms with Gasteiger partial charge in [-0.2, -0.15) is 0 Å². The summed E-state index contributed by atoms with van der Waals surface area (Å²) in [5.74, 6) is 1.19. The molecule has 0 aromatic heterocycles. The Kier molecular flexibility index (Phi) is 5.44. The van der Waals surface area contributed by atoms with Gasteiger partial charge in [0.1, 0.15) is 17.3 Å². The SMILES string of the molecule is CCNCc1cc(F)ccc1Oc1ccc(SC)cc1. The van der Waals surface area contributed by atoms with Gasteiger partial charge in [0.2, 0.25) is 0 Å². The highest BCUT2D eigenvalue weighted by atomic mass is 32.2. The van der Waals surface area contributed by atoms with Crippen LogP contribution in [0.5, 0.6) is 11.5 Å². The molecular weight excluding hydrogens is 273 g/mol. The molecule has 2 aromatic rings. The summed E-state index contributed by atoms with van der Waals surface area (Å²) in [5.41, 5.74) is 0.820. The quantitative estimate of drug-likeness (QED) is 0.795. The van der Waals surface area contributed by atoms with Crippen LogP contribution in [0.15, 0.2) is 47.4 Å². The van der Waals surface area contributed by atoms with Crippen LogP contribution < -0.4 is 10.1 Å². The number of nitrogens with one attached hydrogen (secondary N) is 1. The molecule has 2 aromatic carbocycles. The van der Waals surface area contributed by atoms with E-state index in [0.717, 1.165) is 17.9 Å². The Bertz CT molecular complexity index is 557. The Balaban J connectivity index is 2.18. The minimum atomic E-state index is -0.247. The third-order valence-corrected chi connectivity index (χ3v) is 3.62. The standard InChI is InChI=1S/C16H18FNOS/c1-3-18-11-12-10-13(17)4-9-16(12)19-14-5-7-15(20-2)8-6-14/h4-10,18H,3,11H2,1-2H3. The molecule has 0 radical (unpaired) electrons. The van der Waals surface area contributed by atoms with E-state index in [9.17, 15) is 4.39 Å². The number of halogens is 1. The zero-order chi connectivity index (χ0) is 14.4. The van der Waals surface area contributed by atoms with Crippen molar-refractivity contribution >= 4 is 11.8 Å². The summed E-state index contributed by atoms with van der Waals surface area (Å²) in [5, 5.41) is 3.19. The molecule has 0 bridgehead atoms. The van der Waals surface area contributed by atoms with Crippen LogP contribution >= 0.6 is 11.8 Å². The zero-order valence-corrected chi connectivity index (χ0v) is 12.5. The van der Waals surface area contributed by atoms with Crippen molar-refractivity contribution in [1.82, 2.24) is 5.32 Å². The van der Waals surface area contributed by atoms with Crippen molar-refractivity contribution in [3.63, 3.8) is 0 Å². The van der Waals surface area contributed by atoms with Crippen LogP contribution in [-0.4, -0.2) is 12.8 Å². The van der Waals surface area contributed by atoms with E-state index in [2.05, 4.69) is 5.32 Å². The van der Waals surface area contributed by atoms with Crippen molar-refractivity contribution in [1.29, 1.82) is 0 Å². The Morgan fingerprint density at radius 3 is 2.55 bits per heavy atom. The first-order valence-corrected chi connectivity index (χ1v) is 7.76. The molecule has 0 amide bonds. The molecule has 4 heteroatoms. The van der Waals surface area contributed by atoms with Crippen molar-refractivity contribution in [2.45, 2.75) is 18.4 Å². The summed E-state index contributed by atoms with van der Waals surface area (Å²) >= 11 is 1.68. The average Bonchev–Trinajstić information content (AvgIpc) is 2.48.